The van der Waals surface area contributed by atoms with Crippen molar-refractivity contribution in [1.29, 1.82) is 0 Å². The molecule has 0 atom stereocenters. The Labute approximate surface area is 252 Å². The molecule has 3 rings (SSSR count). The molecular weight excluding hydrogens is 563 g/mol. The number of phenolic OH excluding ortho intramolecular Hbond substituents is 1. The van der Waals surface area contributed by atoms with Gasteiger partial charge < -0.3 is 19.9 Å². The second kappa shape index (κ2) is 15.7. The van der Waals surface area contributed by atoms with Crippen molar-refractivity contribution in [1.82, 2.24) is 4.90 Å². The molecule has 0 aliphatic carbocycles. The van der Waals surface area contributed by atoms with E-state index in [4.69, 9.17) is 32.7 Å². The van der Waals surface area contributed by atoms with E-state index in [0.717, 1.165) is 48.1 Å². The molecule has 0 spiro atoms. The van der Waals surface area contributed by atoms with E-state index in [1.807, 2.05) is 32.0 Å². The highest BCUT2D eigenvalue weighted by molar-refractivity contribution is 6.42. The molecule has 3 aromatic rings. The fourth-order valence-electron chi connectivity index (χ4n) is 4.55. The first-order valence-corrected chi connectivity index (χ1v) is 14.6. The molecule has 2 N–H and O–H groups in total. The van der Waals surface area contributed by atoms with Crippen molar-refractivity contribution in [3.05, 3.63) is 80.8 Å². The van der Waals surface area contributed by atoms with Gasteiger partial charge in [0.2, 0.25) is 0 Å². The van der Waals surface area contributed by atoms with Crippen LogP contribution in [0, 0.1) is 13.8 Å². The summed E-state index contributed by atoms with van der Waals surface area (Å²) >= 11 is 12.4. The zero-order valence-corrected chi connectivity index (χ0v) is 25.6. The Morgan fingerprint density at radius 3 is 2.29 bits per heavy atom. The van der Waals surface area contributed by atoms with Gasteiger partial charge in [-0.05, 0) is 92.9 Å². The van der Waals surface area contributed by atoms with E-state index < -0.39 is 11.9 Å². The standard InChI is InChI=1S/C32H38Cl2N2O5/c1-5-7-8-9-14-36(19-23-10-12-27(33)28(34)17-23)20-24-18-26(11-13-29(24)37)41-30-21(3)15-25(16-22(30)4)35-31(38)32(39)40-6-2/h10-13,15-18,37H,5-9,14,19-20H2,1-4H3,(H,35,38). The van der Waals surface area contributed by atoms with Gasteiger partial charge in [-0.25, -0.2) is 4.79 Å². The molecule has 1 amide bonds. The van der Waals surface area contributed by atoms with Gasteiger partial charge in [0.25, 0.3) is 0 Å². The molecule has 41 heavy (non-hydrogen) atoms. The number of carbonyl (C=O) groups excluding carboxylic acids is 2. The molecule has 0 saturated carbocycles. The SMILES string of the molecule is CCCCCCN(Cc1ccc(Cl)c(Cl)c1)Cc1cc(Oc2c(C)cc(NC(=O)C(=O)OCC)cc2C)ccc1O. The number of halogens is 2. The van der Waals surface area contributed by atoms with Crippen LogP contribution in [0.15, 0.2) is 48.5 Å². The Morgan fingerprint density at radius 2 is 1.63 bits per heavy atom. The van der Waals surface area contributed by atoms with E-state index in [1.165, 1.54) is 6.42 Å². The lowest BCUT2D eigenvalue weighted by atomic mass is 10.1. The predicted octanol–water partition coefficient (Wildman–Crippen LogP) is 8.19. The van der Waals surface area contributed by atoms with Crippen LogP contribution in [0.5, 0.6) is 17.2 Å². The average molecular weight is 602 g/mol. The minimum atomic E-state index is -0.932. The van der Waals surface area contributed by atoms with Crippen LogP contribution in [0.25, 0.3) is 0 Å². The second-order valence-electron chi connectivity index (χ2n) is 10.0. The van der Waals surface area contributed by atoms with Gasteiger partial charge in [0.15, 0.2) is 0 Å². The maximum absolute atomic E-state index is 12.0. The van der Waals surface area contributed by atoms with Gasteiger partial charge >= 0.3 is 11.9 Å². The molecule has 0 radical (unpaired) electrons. The van der Waals surface area contributed by atoms with Crippen LogP contribution < -0.4 is 10.1 Å². The summed E-state index contributed by atoms with van der Waals surface area (Å²) in [4.78, 5) is 26.0. The van der Waals surface area contributed by atoms with E-state index in [0.29, 0.717) is 40.3 Å². The number of aromatic hydroxyl groups is 1. The Balaban J connectivity index is 1.78. The van der Waals surface area contributed by atoms with E-state index in [9.17, 15) is 14.7 Å². The molecule has 0 unspecified atom stereocenters. The monoisotopic (exact) mass is 600 g/mol. The fourth-order valence-corrected chi connectivity index (χ4v) is 4.87. The van der Waals surface area contributed by atoms with Gasteiger partial charge in [-0.2, -0.15) is 0 Å². The summed E-state index contributed by atoms with van der Waals surface area (Å²) in [6.07, 6.45) is 4.52. The molecule has 0 heterocycles. The number of amides is 1. The zero-order valence-electron chi connectivity index (χ0n) is 24.1. The smallest absolute Gasteiger partial charge is 0.397 e. The average Bonchev–Trinajstić information content (AvgIpc) is 2.92. The van der Waals surface area contributed by atoms with Gasteiger partial charge in [-0.1, -0.05) is 55.5 Å². The van der Waals surface area contributed by atoms with Gasteiger partial charge in [-0.3, -0.25) is 9.69 Å². The topological polar surface area (TPSA) is 88.1 Å². The lowest BCUT2D eigenvalue weighted by molar-refractivity contribution is -0.152. The summed E-state index contributed by atoms with van der Waals surface area (Å²) in [5, 5.41) is 14.3. The number of esters is 1. The van der Waals surface area contributed by atoms with Crippen molar-refractivity contribution in [2.24, 2.45) is 0 Å². The molecule has 0 saturated heterocycles. The molecule has 3 aromatic carbocycles. The number of hydrogen-bond acceptors (Lipinski definition) is 6. The lowest BCUT2D eigenvalue weighted by Gasteiger charge is -2.24. The molecule has 9 heteroatoms. The quantitative estimate of drug-likeness (QED) is 0.117. The largest absolute Gasteiger partial charge is 0.508 e. The van der Waals surface area contributed by atoms with Crippen LogP contribution in [0.3, 0.4) is 0 Å². The van der Waals surface area contributed by atoms with E-state index >= 15 is 0 Å². The molecule has 220 valence electrons. The van der Waals surface area contributed by atoms with Gasteiger partial charge in [-0.15, -0.1) is 0 Å². The maximum Gasteiger partial charge on any atom is 0.397 e. The minimum absolute atomic E-state index is 0.123. The van der Waals surface area contributed by atoms with Crippen LogP contribution in [0.4, 0.5) is 5.69 Å². The van der Waals surface area contributed by atoms with Crippen molar-refractivity contribution >= 4 is 40.8 Å². The summed E-state index contributed by atoms with van der Waals surface area (Å²) in [6, 6.07) is 14.3. The van der Waals surface area contributed by atoms with Crippen LogP contribution >= 0.6 is 23.2 Å². The van der Waals surface area contributed by atoms with Crippen molar-refractivity contribution in [3.63, 3.8) is 0 Å². The highest BCUT2D eigenvalue weighted by atomic mass is 35.5. The Hall–Kier alpha value is -3.26. The first kappa shape index (κ1) is 32.3. The van der Waals surface area contributed by atoms with Crippen LogP contribution in [0.2, 0.25) is 10.0 Å². The second-order valence-corrected chi connectivity index (χ2v) is 10.8. The number of benzene rings is 3. The normalized spacial score (nSPS) is 11.0. The van der Waals surface area contributed by atoms with Crippen LogP contribution in [-0.2, 0) is 27.4 Å². The number of carbonyl (C=O) groups is 2. The molecule has 0 fully saturated rings. The van der Waals surface area contributed by atoms with E-state index in [-0.39, 0.29) is 12.4 Å². The fraction of sp³-hybridized carbons (Fsp3) is 0.375. The number of nitrogens with one attached hydrogen (secondary N) is 1. The van der Waals surface area contributed by atoms with Crippen molar-refractivity contribution in [2.45, 2.75) is 66.5 Å². The molecule has 0 aliphatic rings. The lowest BCUT2D eigenvalue weighted by Crippen LogP contribution is -2.25. The van der Waals surface area contributed by atoms with Gasteiger partial charge in [0.1, 0.15) is 17.2 Å². The molecule has 0 aromatic heterocycles. The summed E-state index contributed by atoms with van der Waals surface area (Å²) in [7, 11) is 0. The summed E-state index contributed by atoms with van der Waals surface area (Å²) in [5.41, 5.74) is 3.81. The predicted molar refractivity (Wildman–Crippen MR) is 164 cm³/mol. The van der Waals surface area contributed by atoms with E-state index in [2.05, 4.69) is 17.1 Å². The number of aryl methyl sites for hydroxylation is 2. The minimum Gasteiger partial charge on any atom is -0.508 e. The maximum atomic E-state index is 12.0. The molecule has 7 nitrogen and oxygen atoms in total. The number of anilines is 1. The molecule has 0 aliphatic heterocycles. The Kier molecular flexibility index (Phi) is 12.3. The third kappa shape index (κ3) is 9.66. The van der Waals surface area contributed by atoms with Crippen LogP contribution in [-0.4, -0.2) is 35.0 Å². The number of hydrogen-bond donors (Lipinski definition) is 2. The number of nitrogens with zero attached hydrogens (tertiary/aromatic N) is 1. The summed E-state index contributed by atoms with van der Waals surface area (Å²) in [5.74, 6) is -0.368. The summed E-state index contributed by atoms with van der Waals surface area (Å²) < 4.78 is 11.0. The summed E-state index contributed by atoms with van der Waals surface area (Å²) in [6.45, 7) is 9.71. The molecular formula is C32H38Cl2N2O5. The number of ether oxygens (including phenoxy) is 2. The third-order valence-corrected chi connectivity index (χ3v) is 7.30. The highest BCUT2D eigenvalue weighted by Gasteiger charge is 2.17. The number of rotatable bonds is 13. The van der Waals surface area contributed by atoms with Crippen molar-refractivity contribution < 1.29 is 24.2 Å². The van der Waals surface area contributed by atoms with Crippen LogP contribution in [0.1, 0.15) is 61.8 Å². The van der Waals surface area contributed by atoms with Gasteiger partial charge in [0.05, 0.1) is 16.7 Å². The Bertz CT molecular complexity index is 1340. The van der Waals surface area contributed by atoms with E-state index in [1.54, 1.807) is 37.3 Å². The van der Waals surface area contributed by atoms with Gasteiger partial charge in [0, 0.05) is 24.3 Å². The third-order valence-electron chi connectivity index (χ3n) is 6.56. The first-order chi connectivity index (χ1) is 19.6. The van der Waals surface area contributed by atoms with Crippen molar-refractivity contribution in [3.8, 4) is 17.2 Å². The number of phenols is 1. The highest BCUT2D eigenvalue weighted by Crippen LogP contribution is 2.34. The zero-order chi connectivity index (χ0) is 29.9. The first-order valence-electron chi connectivity index (χ1n) is 13.9. The van der Waals surface area contributed by atoms with Crippen molar-refractivity contribution in [2.75, 3.05) is 18.5 Å². The molecule has 0 bridgehead atoms. The Morgan fingerprint density at radius 1 is 0.902 bits per heavy atom. The number of unbranched alkanes of at least 4 members (excludes halogenated alkanes) is 3.